The molecule has 17 heavy (non-hydrogen) atoms. The third kappa shape index (κ3) is 2.64. The second kappa shape index (κ2) is 4.71. The Morgan fingerprint density at radius 3 is 2.71 bits per heavy atom. The first kappa shape index (κ1) is 12.5. The summed E-state index contributed by atoms with van der Waals surface area (Å²) >= 11 is 6.19. The minimum absolute atomic E-state index is 0.170. The van der Waals surface area contributed by atoms with Gasteiger partial charge in [-0.15, -0.1) is 0 Å². The highest BCUT2D eigenvalue weighted by Crippen LogP contribution is 2.40. The lowest BCUT2D eigenvalue weighted by Gasteiger charge is -2.38. The molecule has 2 nitrogen and oxygen atoms in total. The van der Waals surface area contributed by atoms with E-state index in [1.807, 2.05) is 25.1 Å². The fraction of sp³-hybridized carbons (Fsp3) is 0.429. The summed E-state index contributed by atoms with van der Waals surface area (Å²) in [4.78, 5) is 0. The third-order valence-corrected chi connectivity index (χ3v) is 3.52. The standard InChI is InChI=1S/C14H18ClNO/c1-10(2)9-17-13-5-4-11(8-12(13)15)14(16)6-3-7-14/h4-5,8H,1,3,6-7,9,16H2,2H3. The van der Waals surface area contributed by atoms with Gasteiger partial charge in [0, 0.05) is 5.54 Å². The van der Waals surface area contributed by atoms with Gasteiger partial charge in [0.2, 0.25) is 0 Å². The van der Waals surface area contributed by atoms with Crippen LogP contribution in [0.25, 0.3) is 0 Å². The Kier molecular flexibility index (Phi) is 3.45. The zero-order chi connectivity index (χ0) is 12.5. The molecule has 2 N–H and O–H groups in total. The van der Waals surface area contributed by atoms with Crippen LogP contribution in [0.4, 0.5) is 0 Å². The van der Waals surface area contributed by atoms with Gasteiger partial charge in [-0.2, -0.15) is 0 Å². The van der Waals surface area contributed by atoms with Crippen molar-refractivity contribution in [2.75, 3.05) is 6.61 Å². The van der Waals surface area contributed by atoms with Crippen molar-refractivity contribution in [1.82, 2.24) is 0 Å². The van der Waals surface area contributed by atoms with Gasteiger partial charge in [0.1, 0.15) is 12.4 Å². The van der Waals surface area contributed by atoms with Crippen LogP contribution in [0.5, 0.6) is 5.75 Å². The van der Waals surface area contributed by atoms with E-state index < -0.39 is 0 Å². The van der Waals surface area contributed by atoms with Crippen LogP contribution in [0.2, 0.25) is 5.02 Å². The van der Waals surface area contributed by atoms with Gasteiger partial charge in [0.05, 0.1) is 5.02 Å². The zero-order valence-corrected chi connectivity index (χ0v) is 10.9. The Morgan fingerprint density at radius 1 is 1.53 bits per heavy atom. The van der Waals surface area contributed by atoms with Gasteiger partial charge in [-0.1, -0.05) is 24.2 Å². The summed E-state index contributed by atoms with van der Waals surface area (Å²) in [7, 11) is 0. The van der Waals surface area contributed by atoms with E-state index >= 15 is 0 Å². The van der Waals surface area contributed by atoms with E-state index in [0.717, 1.165) is 24.0 Å². The Balaban J connectivity index is 2.14. The van der Waals surface area contributed by atoms with Crippen LogP contribution in [-0.4, -0.2) is 6.61 Å². The van der Waals surface area contributed by atoms with Gasteiger partial charge >= 0.3 is 0 Å². The van der Waals surface area contributed by atoms with Crippen LogP contribution in [0, 0.1) is 0 Å². The first-order chi connectivity index (χ1) is 8.01. The highest BCUT2D eigenvalue weighted by molar-refractivity contribution is 6.32. The van der Waals surface area contributed by atoms with Gasteiger partial charge in [0.25, 0.3) is 0 Å². The van der Waals surface area contributed by atoms with Gasteiger partial charge < -0.3 is 10.5 Å². The lowest BCUT2D eigenvalue weighted by molar-refractivity contribution is 0.253. The van der Waals surface area contributed by atoms with Crippen molar-refractivity contribution in [2.24, 2.45) is 5.73 Å². The van der Waals surface area contributed by atoms with Crippen LogP contribution < -0.4 is 10.5 Å². The normalized spacial score (nSPS) is 17.4. The van der Waals surface area contributed by atoms with E-state index in [0.29, 0.717) is 17.4 Å². The average Bonchev–Trinajstić information content (AvgIpc) is 2.24. The Labute approximate surface area is 107 Å². The third-order valence-electron chi connectivity index (χ3n) is 3.23. The smallest absolute Gasteiger partial charge is 0.138 e. The molecule has 0 aromatic heterocycles. The van der Waals surface area contributed by atoms with E-state index in [9.17, 15) is 0 Å². The van der Waals surface area contributed by atoms with Crippen LogP contribution in [0.15, 0.2) is 30.4 Å². The second-order valence-electron chi connectivity index (χ2n) is 4.90. The molecule has 0 unspecified atom stereocenters. The fourth-order valence-electron chi connectivity index (χ4n) is 1.97. The predicted octanol–water partition coefficient (Wildman–Crippen LogP) is 3.63. The molecular weight excluding hydrogens is 234 g/mol. The molecule has 2 rings (SSSR count). The summed E-state index contributed by atoms with van der Waals surface area (Å²) in [6.45, 7) is 6.21. The molecule has 1 aliphatic rings. The molecule has 0 heterocycles. The van der Waals surface area contributed by atoms with Crippen molar-refractivity contribution >= 4 is 11.6 Å². The van der Waals surface area contributed by atoms with Gasteiger partial charge in [0.15, 0.2) is 0 Å². The molecule has 0 atom stereocenters. The number of hydrogen-bond donors (Lipinski definition) is 1. The van der Waals surface area contributed by atoms with Gasteiger partial charge in [-0.25, -0.2) is 0 Å². The summed E-state index contributed by atoms with van der Waals surface area (Å²) in [5, 5.41) is 0.625. The monoisotopic (exact) mass is 251 g/mol. The molecule has 1 saturated carbocycles. The largest absolute Gasteiger partial charge is 0.488 e. The summed E-state index contributed by atoms with van der Waals surface area (Å²) < 4.78 is 5.55. The SMILES string of the molecule is C=C(C)COc1ccc(C2(N)CCC2)cc1Cl. The summed E-state index contributed by atoms with van der Waals surface area (Å²) in [6.07, 6.45) is 3.27. The summed E-state index contributed by atoms with van der Waals surface area (Å²) in [6, 6.07) is 5.83. The van der Waals surface area contributed by atoms with Crippen molar-refractivity contribution in [1.29, 1.82) is 0 Å². The van der Waals surface area contributed by atoms with Gasteiger partial charge in [-0.05, 0) is 49.5 Å². The molecule has 0 spiro atoms. The van der Waals surface area contributed by atoms with E-state index in [1.165, 1.54) is 6.42 Å². The average molecular weight is 252 g/mol. The van der Waals surface area contributed by atoms with Crippen LogP contribution in [0.3, 0.4) is 0 Å². The van der Waals surface area contributed by atoms with Crippen molar-refractivity contribution in [3.8, 4) is 5.75 Å². The van der Waals surface area contributed by atoms with E-state index in [-0.39, 0.29) is 5.54 Å². The quantitative estimate of drug-likeness (QED) is 0.830. The lowest BCUT2D eigenvalue weighted by atomic mass is 9.73. The van der Waals surface area contributed by atoms with Gasteiger partial charge in [-0.3, -0.25) is 0 Å². The molecule has 1 aromatic rings. The molecule has 0 amide bonds. The fourth-order valence-corrected chi connectivity index (χ4v) is 2.21. The second-order valence-corrected chi connectivity index (χ2v) is 5.31. The molecule has 0 aliphatic heterocycles. The number of rotatable bonds is 4. The van der Waals surface area contributed by atoms with Crippen molar-refractivity contribution in [3.05, 3.63) is 40.9 Å². The highest BCUT2D eigenvalue weighted by Gasteiger charge is 2.34. The maximum Gasteiger partial charge on any atom is 0.138 e. The molecule has 1 aliphatic carbocycles. The highest BCUT2D eigenvalue weighted by atomic mass is 35.5. The van der Waals surface area contributed by atoms with E-state index in [2.05, 4.69) is 6.58 Å². The maximum absolute atomic E-state index is 6.25. The summed E-state index contributed by atoms with van der Waals surface area (Å²) in [5.74, 6) is 0.696. The summed E-state index contributed by atoms with van der Waals surface area (Å²) in [5.41, 5.74) is 8.16. The number of hydrogen-bond acceptors (Lipinski definition) is 2. The molecule has 0 radical (unpaired) electrons. The van der Waals surface area contributed by atoms with Crippen molar-refractivity contribution in [3.63, 3.8) is 0 Å². The van der Waals surface area contributed by atoms with Crippen molar-refractivity contribution < 1.29 is 4.74 Å². The van der Waals surface area contributed by atoms with Crippen LogP contribution in [-0.2, 0) is 5.54 Å². The molecular formula is C14H18ClNO. The molecule has 3 heteroatoms. The minimum Gasteiger partial charge on any atom is -0.488 e. The zero-order valence-electron chi connectivity index (χ0n) is 10.1. The Hall–Kier alpha value is -0.990. The van der Waals surface area contributed by atoms with Crippen LogP contribution >= 0.6 is 11.6 Å². The Morgan fingerprint density at radius 2 is 2.24 bits per heavy atom. The lowest BCUT2D eigenvalue weighted by Crippen LogP contribution is -2.43. The number of halogens is 1. The molecule has 1 fully saturated rings. The van der Waals surface area contributed by atoms with Crippen LogP contribution in [0.1, 0.15) is 31.7 Å². The van der Waals surface area contributed by atoms with E-state index in [4.69, 9.17) is 22.1 Å². The molecule has 0 saturated heterocycles. The predicted molar refractivity (Wildman–Crippen MR) is 71.5 cm³/mol. The maximum atomic E-state index is 6.25. The molecule has 1 aromatic carbocycles. The number of nitrogens with two attached hydrogens (primary N) is 1. The number of benzene rings is 1. The molecule has 92 valence electrons. The number of ether oxygens (including phenoxy) is 1. The molecule has 0 bridgehead atoms. The minimum atomic E-state index is -0.170. The van der Waals surface area contributed by atoms with Crippen molar-refractivity contribution in [2.45, 2.75) is 31.7 Å². The first-order valence-electron chi connectivity index (χ1n) is 5.87. The Bertz CT molecular complexity index is 438. The first-order valence-corrected chi connectivity index (χ1v) is 6.25. The van der Waals surface area contributed by atoms with E-state index in [1.54, 1.807) is 0 Å². The topological polar surface area (TPSA) is 35.2 Å².